The van der Waals surface area contributed by atoms with E-state index >= 15 is 0 Å². The summed E-state index contributed by atoms with van der Waals surface area (Å²) in [6.07, 6.45) is 1.07. The number of nitrogens with one attached hydrogen (secondary N) is 1. The number of carbonyl (C=O) groups is 1. The van der Waals surface area contributed by atoms with Gasteiger partial charge < -0.3 is 14.4 Å². The maximum atomic E-state index is 12.8. The minimum atomic E-state index is -3.63. The van der Waals surface area contributed by atoms with Crippen molar-refractivity contribution in [3.8, 4) is 11.5 Å². The van der Waals surface area contributed by atoms with Crippen molar-refractivity contribution in [2.45, 2.75) is 23.8 Å². The summed E-state index contributed by atoms with van der Waals surface area (Å²) < 4.78 is 38.2. The maximum absolute atomic E-state index is 12.8. The molecule has 0 saturated carbocycles. The second kappa shape index (κ2) is 9.02. The van der Waals surface area contributed by atoms with Crippen molar-refractivity contribution < 1.29 is 22.7 Å². The van der Waals surface area contributed by atoms with Crippen molar-refractivity contribution >= 4 is 27.5 Å². The fraction of sp³-hybridized carbons (Fsp3) is 0.350. The van der Waals surface area contributed by atoms with Crippen LogP contribution in [0.15, 0.2) is 47.4 Å². The number of methoxy groups -OCH3 is 2. The van der Waals surface area contributed by atoms with Crippen molar-refractivity contribution in [2.75, 3.05) is 27.3 Å². The Labute approximate surface area is 175 Å². The predicted octanol–water partition coefficient (Wildman–Crippen LogP) is 2.94. The van der Waals surface area contributed by atoms with E-state index in [9.17, 15) is 13.2 Å². The monoisotopic (exact) mass is 438 g/mol. The highest BCUT2D eigenvalue weighted by molar-refractivity contribution is 7.89. The number of likely N-dealkylation sites (tertiary alicyclic amines) is 1. The molecule has 0 aromatic heterocycles. The zero-order chi connectivity index (χ0) is 21.0. The van der Waals surface area contributed by atoms with Crippen LogP contribution in [0.4, 0.5) is 0 Å². The van der Waals surface area contributed by atoms with Crippen LogP contribution in [0.5, 0.6) is 11.5 Å². The van der Waals surface area contributed by atoms with E-state index in [-0.39, 0.29) is 16.8 Å². The van der Waals surface area contributed by atoms with E-state index in [0.29, 0.717) is 48.0 Å². The van der Waals surface area contributed by atoms with E-state index < -0.39 is 10.0 Å². The molecule has 1 aliphatic heterocycles. The lowest BCUT2D eigenvalue weighted by atomic mass is 10.0. The number of carbonyl (C=O) groups excluding carboxylic acids is 1. The lowest BCUT2D eigenvalue weighted by molar-refractivity contribution is 0.0711. The minimum absolute atomic E-state index is 0.120. The van der Waals surface area contributed by atoms with E-state index in [1.54, 1.807) is 35.2 Å². The number of sulfonamides is 1. The average molecular weight is 439 g/mol. The van der Waals surface area contributed by atoms with Crippen molar-refractivity contribution in [1.29, 1.82) is 0 Å². The molecule has 1 saturated heterocycles. The van der Waals surface area contributed by atoms with Gasteiger partial charge in [-0.3, -0.25) is 4.79 Å². The maximum Gasteiger partial charge on any atom is 0.253 e. The minimum Gasteiger partial charge on any atom is -0.493 e. The van der Waals surface area contributed by atoms with Crippen LogP contribution in [-0.4, -0.2) is 52.6 Å². The first-order valence-electron chi connectivity index (χ1n) is 9.13. The van der Waals surface area contributed by atoms with Crippen LogP contribution in [0, 0.1) is 0 Å². The quantitative estimate of drug-likeness (QED) is 0.749. The average Bonchev–Trinajstić information content (AvgIpc) is 2.73. The Morgan fingerprint density at radius 1 is 1.03 bits per heavy atom. The molecule has 3 rings (SSSR count). The Balaban J connectivity index is 1.61. The van der Waals surface area contributed by atoms with E-state index in [1.807, 2.05) is 0 Å². The summed E-state index contributed by atoms with van der Waals surface area (Å²) >= 11 is 5.82. The summed E-state index contributed by atoms with van der Waals surface area (Å²) in [5.41, 5.74) is 0.503. The lowest BCUT2D eigenvalue weighted by Crippen LogP contribution is -2.46. The third kappa shape index (κ3) is 5.01. The Bertz CT molecular complexity index is 971. The molecule has 0 aliphatic carbocycles. The number of amides is 1. The van der Waals surface area contributed by atoms with Crippen molar-refractivity contribution in [3.63, 3.8) is 0 Å². The van der Waals surface area contributed by atoms with Crippen molar-refractivity contribution in [1.82, 2.24) is 9.62 Å². The van der Waals surface area contributed by atoms with Gasteiger partial charge in [-0.1, -0.05) is 11.6 Å². The molecule has 0 radical (unpaired) electrons. The molecule has 1 fully saturated rings. The standard InChI is InChI=1S/C20H23ClN2O5S/c1-27-18-8-3-14(13-19(18)28-2)20(24)23-11-9-16(10-12-23)22-29(25,26)17-6-4-15(21)5-7-17/h3-8,13,16,22H,9-12H2,1-2H3. The smallest absolute Gasteiger partial charge is 0.253 e. The van der Waals surface area contributed by atoms with Gasteiger partial charge in [0, 0.05) is 29.7 Å². The van der Waals surface area contributed by atoms with Gasteiger partial charge >= 0.3 is 0 Å². The topological polar surface area (TPSA) is 84.9 Å². The molecule has 1 heterocycles. The van der Waals surface area contributed by atoms with Gasteiger partial charge in [0.1, 0.15) is 0 Å². The van der Waals surface area contributed by atoms with Gasteiger partial charge in [0.05, 0.1) is 19.1 Å². The van der Waals surface area contributed by atoms with E-state index in [1.165, 1.54) is 26.4 Å². The van der Waals surface area contributed by atoms with E-state index in [2.05, 4.69) is 4.72 Å². The molecule has 0 atom stereocenters. The van der Waals surface area contributed by atoms with Crippen LogP contribution >= 0.6 is 11.6 Å². The lowest BCUT2D eigenvalue weighted by Gasteiger charge is -2.32. The number of piperidine rings is 1. The number of ether oxygens (including phenoxy) is 2. The molecule has 156 valence electrons. The number of benzene rings is 2. The van der Waals surface area contributed by atoms with Crippen LogP contribution in [0.1, 0.15) is 23.2 Å². The molecule has 1 N–H and O–H groups in total. The van der Waals surface area contributed by atoms with Crippen molar-refractivity contribution in [3.05, 3.63) is 53.1 Å². The molecular formula is C20H23ClN2O5S. The highest BCUT2D eigenvalue weighted by Crippen LogP contribution is 2.28. The van der Waals surface area contributed by atoms with Gasteiger partial charge in [-0.15, -0.1) is 0 Å². The first kappa shape index (κ1) is 21.4. The van der Waals surface area contributed by atoms with Gasteiger partial charge in [0.2, 0.25) is 10.0 Å². The van der Waals surface area contributed by atoms with Crippen LogP contribution in [-0.2, 0) is 10.0 Å². The molecule has 9 heteroatoms. The second-order valence-corrected chi connectivity index (χ2v) is 8.86. The molecule has 7 nitrogen and oxygen atoms in total. The Kier molecular flexibility index (Phi) is 6.66. The van der Waals surface area contributed by atoms with Crippen LogP contribution in [0.2, 0.25) is 5.02 Å². The molecule has 1 aliphatic rings. The molecule has 0 spiro atoms. The van der Waals surface area contributed by atoms with Gasteiger partial charge in [-0.25, -0.2) is 13.1 Å². The number of nitrogens with zero attached hydrogens (tertiary/aromatic N) is 1. The summed E-state index contributed by atoms with van der Waals surface area (Å²) in [7, 11) is -0.571. The Morgan fingerprint density at radius 2 is 1.66 bits per heavy atom. The fourth-order valence-corrected chi connectivity index (χ4v) is 4.68. The summed E-state index contributed by atoms with van der Waals surface area (Å²) in [6.45, 7) is 0.919. The Morgan fingerprint density at radius 3 is 2.24 bits per heavy atom. The highest BCUT2D eigenvalue weighted by Gasteiger charge is 2.27. The molecule has 0 bridgehead atoms. The molecule has 29 heavy (non-hydrogen) atoms. The molecule has 0 unspecified atom stereocenters. The predicted molar refractivity (Wildman–Crippen MR) is 110 cm³/mol. The SMILES string of the molecule is COc1ccc(C(=O)N2CCC(NS(=O)(=O)c3ccc(Cl)cc3)CC2)cc1OC. The molecule has 2 aromatic carbocycles. The normalized spacial score (nSPS) is 15.2. The number of hydrogen-bond donors (Lipinski definition) is 1. The molecular weight excluding hydrogens is 416 g/mol. The van der Waals surface area contributed by atoms with Gasteiger partial charge in [0.25, 0.3) is 5.91 Å². The largest absolute Gasteiger partial charge is 0.493 e. The first-order chi connectivity index (χ1) is 13.8. The third-order valence-corrected chi connectivity index (χ3v) is 6.65. The number of rotatable bonds is 6. The second-order valence-electron chi connectivity index (χ2n) is 6.71. The van der Waals surface area contributed by atoms with E-state index in [4.69, 9.17) is 21.1 Å². The molecule has 1 amide bonds. The highest BCUT2D eigenvalue weighted by atomic mass is 35.5. The Hall–Kier alpha value is -2.29. The van der Waals surface area contributed by atoms with Crippen LogP contribution in [0.3, 0.4) is 0 Å². The van der Waals surface area contributed by atoms with Gasteiger partial charge in [-0.2, -0.15) is 0 Å². The first-order valence-corrected chi connectivity index (χ1v) is 11.0. The van der Waals surface area contributed by atoms with Crippen LogP contribution < -0.4 is 14.2 Å². The van der Waals surface area contributed by atoms with Crippen LogP contribution in [0.25, 0.3) is 0 Å². The number of halogens is 1. The zero-order valence-electron chi connectivity index (χ0n) is 16.2. The van der Waals surface area contributed by atoms with Gasteiger partial charge in [-0.05, 0) is 55.3 Å². The summed E-state index contributed by atoms with van der Waals surface area (Å²) in [4.78, 5) is 14.7. The van der Waals surface area contributed by atoms with Crippen molar-refractivity contribution in [2.24, 2.45) is 0 Å². The fourth-order valence-electron chi connectivity index (χ4n) is 3.25. The van der Waals surface area contributed by atoms with Gasteiger partial charge in [0.15, 0.2) is 11.5 Å². The number of hydrogen-bond acceptors (Lipinski definition) is 5. The summed E-state index contributed by atoms with van der Waals surface area (Å²) in [5.74, 6) is 0.924. The summed E-state index contributed by atoms with van der Waals surface area (Å²) in [5, 5.41) is 0.478. The third-order valence-electron chi connectivity index (χ3n) is 4.86. The molecule has 2 aromatic rings. The summed E-state index contributed by atoms with van der Waals surface area (Å²) in [6, 6.07) is 10.8. The van der Waals surface area contributed by atoms with E-state index in [0.717, 1.165) is 0 Å². The zero-order valence-corrected chi connectivity index (χ0v) is 17.8.